The van der Waals surface area contributed by atoms with Crippen molar-refractivity contribution in [1.82, 2.24) is 5.32 Å². The van der Waals surface area contributed by atoms with Gasteiger partial charge in [0, 0.05) is 49.2 Å². The number of fused-ring (bicyclic) bond motifs is 4. The second kappa shape index (κ2) is 16.1. The first-order valence-corrected chi connectivity index (χ1v) is 17.6. The van der Waals surface area contributed by atoms with E-state index in [-0.39, 0.29) is 54.8 Å². The summed E-state index contributed by atoms with van der Waals surface area (Å²) in [7, 11) is 0. The summed E-state index contributed by atoms with van der Waals surface area (Å²) < 4.78 is 6.30. The van der Waals surface area contributed by atoms with Gasteiger partial charge in [-0.05, 0) is 93.0 Å². The minimum atomic E-state index is -0.712. The first kappa shape index (κ1) is 36.3. The Morgan fingerprint density at radius 1 is 1.00 bits per heavy atom. The molecule has 2 unspecified atom stereocenters. The molecule has 0 saturated carbocycles. The largest absolute Gasteiger partial charge is 0.489 e. The van der Waals surface area contributed by atoms with Crippen molar-refractivity contribution in [3.05, 3.63) is 82.4 Å². The molecule has 5 rings (SSSR count). The number of unbranched alkanes of at least 4 members (excludes halogenated alkanes) is 1. The van der Waals surface area contributed by atoms with Crippen LogP contribution in [0, 0.1) is 12.8 Å². The van der Waals surface area contributed by atoms with E-state index in [2.05, 4.69) is 22.0 Å². The number of carbonyl (C=O) groups is 5. The van der Waals surface area contributed by atoms with Crippen molar-refractivity contribution in [3.8, 4) is 5.75 Å². The van der Waals surface area contributed by atoms with Crippen LogP contribution in [0.5, 0.6) is 5.75 Å². The van der Waals surface area contributed by atoms with Gasteiger partial charge in [-0.15, -0.1) is 0 Å². The average molecular weight is 681 g/mol. The second-order valence-electron chi connectivity index (χ2n) is 13.6. The van der Waals surface area contributed by atoms with Gasteiger partial charge in [0.15, 0.2) is 5.78 Å². The van der Waals surface area contributed by atoms with Crippen LogP contribution in [0.3, 0.4) is 0 Å². The van der Waals surface area contributed by atoms with E-state index in [1.807, 2.05) is 67.3 Å². The zero-order valence-corrected chi connectivity index (χ0v) is 29.7. The highest BCUT2D eigenvalue weighted by Gasteiger charge is 2.37. The summed E-state index contributed by atoms with van der Waals surface area (Å²) in [6.45, 7) is 9.71. The molecule has 3 amide bonds. The fourth-order valence-corrected chi connectivity index (χ4v) is 6.60. The van der Waals surface area contributed by atoms with E-state index in [4.69, 9.17) is 4.74 Å². The molecule has 0 radical (unpaired) electrons. The Labute approximate surface area is 294 Å². The number of benzene rings is 3. The van der Waals surface area contributed by atoms with Gasteiger partial charge in [0.2, 0.25) is 11.8 Å². The molecule has 0 fully saturated rings. The average Bonchev–Trinajstić information content (AvgIpc) is 3.40. The van der Waals surface area contributed by atoms with Gasteiger partial charge >= 0.3 is 0 Å². The smallest absolute Gasteiger partial charge is 0.260 e. The molecule has 10 heteroatoms. The van der Waals surface area contributed by atoms with Gasteiger partial charge in [0.25, 0.3) is 5.91 Å². The number of nitrogens with zero attached hydrogens (tertiary/aromatic N) is 1. The lowest BCUT2D eigenvalue weighted by Crippen LogP contribution is -2.39. The molecule has 2 aliphatic heterocycles. The number of para-hydroxylation sites is 1. The van der Waals surface area contributed by atoms with E-state index in [9.17, 15) is 24.0 Å². The molecule has 3 N–H and O–H groups in total. The van der Waals surface area contributed by atoms with Crippen LogP contribution in [0.2, 0.25) is 0 Å². The van der Waals surface area contributed by atoms with E-state index < -0.39 is 12.0 Å². The van der Waals surface area contributed by atoms with Crippen molar-refractivity contribution in [3.63, 3.8) is 0 Å². The van der Waals surface area contributed by atoms with Crippen molar-refractivity contribution < 1.29 is 28.7 Å². The third-order valence-corrected chi connectivity index (χ3v) is 9.49. The number of hydrogen-bond acceptors (Lipinski definition) is 7. The van der Waals surface area contributed by atoms with Crippen molar-refractivity contribution in [1.29, 1.82) is 0 Å². The summed E-state index contributed by atoms with van der Waals surface area (Å²) in [5.41, 5.74) is 6.90. The molecule has 2 heterocycles. The summed E-state index contributed by atoms with van der Waals surface area (Å²) in [6.07, 6.45) is 3.46. The second-order valence-corrected chi connectivity index (χ2v) is 13.6. The molecule has 3 aromatic carbocycles. The fourth-order valence-electron chi connectivity index (χ4n) is 6.60. The minimum Gasteiger partial charge on any atom is -0.489 e. The molecule has 0 spiro atoms. The number of rotatable bonds is 15. The molecular formula is C40H48N4O6. The van der Waals surface area contributed by atoms with Gasteiger partial charge in [-0.25, -0.2) is 0 Å². The highest BCUT2D eigenvalue weighted by atomic mass is 16.5. The van der Waals surface area contributed by atoms with E-state index >= 15 is 0 Å². The van der Waals surface area contributed by atoms with E-state index in [1.165, 1.54) is 12.5 Å². The predicted octanol–water partition coefficient (Wildman–Crippen LogP) is 6.32. The van der Waals surface area contributed by atoms with Crippen LogP contribution < -0.4 is 25.6 Å². The molecule has 0 aliphatic carbocycles. The summed E-state index contributed by atoms with van der Waals surface area (Å²) in [4.78, 5) is 64.9. The van der Waals surface area contributed by atoms with Crippen molar-refractivity contribution in [2.45, 2.75) is 98.3 Å². The fraction of sp³-hybridized carbons (Fsp3) is 0.425. The Hall–Kier alpha value is -4.99. The number of ether oxygens (including phenoxy) is 1. The molecule has 0 bridgehead atoms. The molecule has 10 nitrogen and oxygen atoms in total. The number of anilines is 3. The van der Waals surface area contributed by atoms with Crippen LogP contribution in [0.15, 0.2) is 54.6 Å². The maximum atomic E-state index is 13.7. The quantitative estimate of drug-likeness (QED) is 0.160. The molecule has 0 saturated heterocycles. The van der Waals surface area contributed by atoms with Crippen LogP contribution in [0.4, 0.5) is 17.1 Å². The topological polar surface area (TPSA) is 134 Å². The molecular weight excluding hydrogens is 632 g/mol. The number of nitrogens with one attached hydrogen (secondary N) is 3. The highest BCUT2D eigenvalue weighted by Crippen LogP contribution is 2.38. The Morgan fingerprint density at radius 2 is 1.74 bits per heavy atom. The molecule has 0 aromatic heterocycles. The lowest BCUT2D eigenvalue weighted by atomic mass is 9.99. The molecule has 2 aliphatic rings. The number of amides is 3. The SMILES string of the molecule is CCc1cc(COc2cc3c(cc2C)C(=O)N2c4ccccc4C[C@H]2CN3)cc(NC(=O)C(C)CC(=O)C(C)NC(=O)CCCCC(C)=O)c1. The van der Waals surface area contributed by atoms with Crippen molar-refractivity contribution in [2.24, 2.45) is 5.92 Å². The first-order valence-electron chi connectivity index (χ1n) is 17.6. The Bertz CT molecular complexity index is 1790. The van der Waals surface area contributed by atoms with Crippen LogP contribution in [-0.4, -0.2) is 47.9 Å². The number of hydrogen-bond donors (Lipinski definition) is 3. The summed E-state index contributed by atoms with van der Waals surface area (Å²) in [6, 6.07) is 17.0. The molecule has 50 heavy (non-hydrogen) atoms. The van der Waals surface area contributed by atoms with Crippen LogP contribution >= 0.6 is 0 Å². The number of carbonyl (C=O) groups excluding carboxylic acids is 5. The van der Waals surface area contributed by atoms with Crippen molar-refractivity contribution in [2.75, 3.05) is 22.1 Å². The zero-order chi connectivity index (χ0) is 35.9. The monoisotopic (exact) mass is 680 g/mol. The first-order chi connectivity index (χ1) is 23.9. The molecule has 3 aromatic rings. The summed E-state index contributed by atoms with van der Waals surface area (Å²) >= 11 is 0. The molecule has 3 atom stereocenters. The van der Waals surface area contributed by atoms with E-state index in [0.717, 1.165) is 40.9 Å². The van der Waals surface area contributed by atoms with Gasteiger partial charge in [-0.1, -0.05) is 38.1 Å². The predicted molar refractivity (Wildman–Crippen MR) is 195 cm³/mol. The van der Waals surface area contributed by atoms with Crippen molar-refractivity contribution >= 4 is 46.4 Å². The maximum absolute atomic E-state index is 13.7. The normalized spacial score (nSPS) is 15.8. The number of ketones is 2. The number of aryl methyl sites for hydroxylation is 2. The third kappa shape index (κ3) is 8.77. The summed E-state index contributed by atoms with van der Waals surface area (Å²) in [5, 5.41) is 9.15. The molecule has 264 valence electrons. The van der Waals surface area contributed by atoms with E-state index in [0.29, 0.717) is 42.8 Å². The Kier molecular flexibility index (Phi) is 11.7. The zero-order valence-electron chi connectivity index (χ0n) is 29.7. The van der Waals surface area contributed by atoms with Gasteiger partial charge in [0.05, 0.1) is 23.3 Å². The highest BCUT2D eigenvalue weighted by molar-refractivity contribution is 6.12. The Balaban J connectivity index is 1.18. The van der Waals surface area contributed by atoms with Crippen LogP contribution in [-0.2, 0) is 38.6 Å². The van der Waals surface area contributed by atoms with Gasteiger partial charge in [-0.2, -0.15) is 0 Å². The van der Waals surface area contributed by atoms with Crippen LogP contribution in [0.25, 0.3) is 0 Å². The standard InChI is InChI=1S/C40H48N4O6/c1-6-28-17-29(19-31(18-28)43-39(48)25(3)16-36(46)27(5)42-38(47)14-10-7-11-26(4)45)23-50-37-21-34-33(15-24(37)2)40(49)44-32(22-41-34)20-30-12-8-9-13-35(30)44/h8-9,12-13,15,17-19,21,25,27,32,41H,6-7,10-11,14,16,20,22-23H2,1-5H3,(H,42,47)(H,43,48)/t25?,27?,32-/m0/s1. The summed E-state index contributed by atoms with van der Waals surface area (Å²) in [5.74, 6) is -0.617. The number of Topliss-reactive ketones (excluding diaryl/α,β-unsaturated/α-hetero) is 2. The lowest BCUT2D eigenvalue weighted by molar-refractivity contribution is -0.129. The Morgan fingerprint density at radius 3 is 2.50 bits per heavy atom. The van der Waals surface area contributed by atoms with Crippen LogP contribution in [0.1, 0.15) is 92.4 Å². The van der Waals surface area contributed by atoms with E-state index in [1.54, 1.807) is 13.8 Å². The van der Waals surface area contributed by atoms with Gasteiger partial charge in [0.1, 0.15) is 18.1 Å². The van der Waals surface area contributed by atoms with Gasteiger partial charge < -0.3 is 30.4 Å². The van der Waals surface area contributed by atoms with Gasteiger partial charge in [-0.3, -0.25) is 19.2 Å². The minimum absolute atomic E-state index is 0.0137. The lowest BCUT2D eigenvalue weighted by Gasteiger charge is -2.22. The third-order valence-electron chi connectivity index (χ3n) is 9.49. The maximum Gasteiger partial charge on any atom is 0.260 e.